The van der Waals surface area contributed by atoms with E-state index in [2.05, 4.69) is 0 Å². The predicted octanol–water partition coefficient (Wildman–Crippen LogP) is 5.02. The molecule has 0 aromatic heterocycles. The van der Waals surface area contributed by atoms with Crippen LogP contribution in [0.5, 0.6) is 46.0 Å². The average molecular weight is 545 g/mol. The molecule has 4 aromatic rings. The molecular weight excluding hydrogens is 520 g/mol. The maximum atomic E-state index is 12.1. The summed E-state index contributed by atoms with van der Waals surface area (Å²) in [5.41, 5.74) is 1.67. The highest BCUT2D eigenvalue weighted by atomic mass is 16.5. The highest BCUT2D eigenvalue weighted by molar-refractivity contribution is 6.03. The maximum absolute atomic E-state index is 12.1. The number of hydrogen-bond donors (Lipinski definition) is 6. The van der Waals surface area contributed by atoms with E-state index >= 15 is 0 Å². The number of benzene rings is 4. The summed E-state index contributed by atoms with van der Waals surface area (Å²) in [6.07, 6.45) is -0.819. The van der Waals surface area contributed by atoms with Crippen LogP contribution >= 0.6 is 0 Å². The van der Waals surface area contributed by atoms with E-state index < -0.39 is 12.2 Å². The summed E-state index contributed by atoms with van der Waals surface area (Å²) in [6, 6.07) is 17.6. The Morgan fingerprint density at radius 1 is 0.500 bits per heavy atom. The Kier molecular flexibility index (Phi) is 6.83. The molecule has 2 heterocycles. The third-order valence-corrected chi connectivity index (χ3v) is 6.50. The van der Waals surface area contributed by atoms with E-state index in [1.165, 1.54) is 36.4 Å². The second-order valence-electron chi connectivity index (χ2n) is 9.33. The molecule has 6 N–H and O–H groups in total. The van der Waals surface area contributed by atoms with Crippen molar-refractivity contribution in [2.75, 3.05) is 0 Å². The van der Waals surface area contributed by atoms with Gasteiger partial charge in [-0.25, -0.2) is 0 Å². The molecule has 0 radical (unpaired) electrons. The van der Waals surface area contributed by atoms with Gasteiger partial charge in [0.1, 0.15) is 69.3 Å². The zero-order chi connectivity index (χ0) is 28.6. The Balaban J connectivity index is 0.000000161. The summed E-state index contributed by atoms with van der Waals surface area (Å²) in [5, 5.41) is 56.9. The van der Waals surface area contributed by atoms with Crippen LogP contribution in [0.1, 0.15) is 56.9 Å². The second kappa shape index (κ2) is 10.4. The molecule has 0 saturated heterocycles. The molecule has 4 aromatic carbocycles. The molecule has 40 heavy (non-hydrogen) atoms. The van der Waals surface area contributed by atoms with Gasteiger partial charge in [-0.15, -0.1) is 0 Å². The van der Waals surface area contributed by atoms with Crippen molar-refractivity contribution in [3.63, 3.8) is 0 Å². The predicted molar refractivity (Wildman–Crippen MR) is 140 cm³/mol. The van der Waals surface area contributed by atoms with Crippen LogP contribution < -0.4 is 9.47 Å². The number of Topliss-reactive ketones (excluding diaryl/α,β-unsaturated/α-hetero) is 2. The Morgan fingerprint density at radius 3 is 1.20 bits per heavy atom. The number of phenolic OH excluding ortho intramolecular Hbond substituents is 6. The smallest absolute Gasteiger partial charge is 0.174 e. The molecule has 6 rings (SSSR count). The van der Waals surface area contributed by atoms with Crippen LogP contribution in [-0.2, 0) is 0 Å². The van der Waals surface area contributed by atoms with Gasteiger partial charge in [-0.3, -0.25) is 9.59 Å². The third-order valence-electron chi connectivity index (χ3n) is 6.50. The first-order valence-electron chi connectivity index (χ1n) is 12.2. The van der Waals surface area contributed by atoms with E-state index in [1.54, 1.807) is 24.3 Å². The first-order chi connectivity index (χ1) is 19.1. The first-order valence-corrected chi connectivity index (χ1v) is 12.2. The van der Waals surface area contributed by atoms with Crippen molar-refractivity contribution >= 4 is 11.6 Å². The van der Waals surface area contributed by atoms with Crippen molar-refractivity contribution in [2.45, 2.75) is 25.0 Å². The van der Waals surface area contributed by atoms with Crippen LogP contribution in [0.4, 0.5) is 0 Å². The number of ether oxygens (including phenoxy) is 2. The average Bonchev–Trinajstić information content (AvgIpc) is 2.88. The molecule has 2 aliphatic heterocycles. The van der Waals surface area contributed by atoms with Gasteiger partial charge >= 0.3 is 0 Å². The lowest BCUT2D eigenvalue weighted by Gasteiger charge is -2.26. The first kappa shape index (κ1) is 26.2. The van der Waals surface area contributed by atoms with Gasteiger partial charge in [-0.2, -0.15) is 0 Å². The highest BCUT2D eigenvalue weighted by Crippen LogP contribution is 2.43. The van der Waals surface area contributed by atoms with Crippen LogP contribution in [0.3, 0.4) is 0 Å². The third kappa shape index (κ3) is 5.28. The van der Waals surface area contributed by atoms with Crippen molar-refractivity contribution in [2.24, 2.45) is 0 Å². The monoisotopic (exact) mass is 544 g/mol. The van der Waals surface area contributed by atoms with E-state index in [4.69, 9.17) is 9.47 Å². The number of carbonyl (C=O) groups is 2. The molecule has 204 valence electrons. The lowest BCUT2D eigenvalue weighted by atomic mass is 9.95. The van der Waals surface area contributed by atoms with Crippen molar-refractivity contribution < 1.29 is 49.7 Å². The maximum Gasteiger partial charge on any atom is 0.174 e. The molecule has 0 amide bonds. The number of fused-ring (bicyclic) bond motifs is 2. The molecule has 2 aliphatic rings. The standard InChI is InChI=1S/2C15H12O5/c2*16-9-3-1-8(2-4-9)13-7-12(19)15-11(18)5-10(17)6-14(15)20-13/h2*1-6,13,16-18H,7H2. The van der Waals surface area contributed by atoms with Crippen LogP contribution in [0, 0.1) is 0 Å². The van der Waals surface area contributed by atoms with Gasteiger partial charge in [-0.05, 0) is 35.4 Å². The summed E-state index contributed by atoms with van der Waals surface area (Å²) in [4.78, 5) is 24.2. The van der Waals surface area contributed by atoms with Gasteiger partial charge in [0.05, 0.1) is 12.8 Å². The minimum atomic E-state index is -0.503. The fourth-order valence-electron chi connectivity index (χ4n) is 4.60. The van der Waals surface area contributed by atoms with Crippen LogP contribution in [-0.4, -0.2) is 42.2 Å². The minimum Gasteiger partial charge on any atom is -0.508 e. The molecule has 10 heteroatoms. The lowest BCUT2D eigenvalue weighted by molar-refractivity contribution is 0.0834. The Hall–Kier alpha value is -5.38. The highest BCUT2D eigenvalue weighted by Gasteiger charge is 2.32. The SMILES string of the molecule is O=C1CC(c2ccc(O)cc2)Oc2cc(O)cc(O)c21.O=C1CC(c2ccc(O)cc2)Oc2cc(O)cc(O)c21. The molecule has 0 aliphatic carbocycles. The molecule has 0 saturated carbocycles. The number of aromatic hydroxyl groups is 6. The van der Waals surface area contributed by atoms with Crippen molar-refractivity contribution in [3.8, 4) is 46.0 Å². The van der Waals surface area contributed by atoms with Crippen molar-refractivity contribution in [3.05, 3.63) is 95.1 Å². The van der Waals surface area contributed by atoms with E-state index in [1.807, 2.05) is 0 Å². The molecule has 0 fully saturated rings. The lowest BCUT2D eigenvalue weighted by Crippen LogP contribution is -2.20. The largest absolute Gasteiger partial charge is 0.508 e. The zero-order valence-electron chi connectivity index (χ0n) is 20.8. The Bertz CT molecular complexity index is 1470. The van der Waals surface area contributed by atoms with Crippen LogP contribution in [0.25, 0.3) is 0 Å². The minimum absolute atomic E-state index is 0.0934. The molecule has 0 spiro atoms. The quantitative estimate of drug-likeness (QED) is 0.201. The molecular formula is C30H24O10. The summed E-state index contributed by atoms with van der Waals surface area (Å²) in [7, 11) is 0. The second-order valence-corrected chi connectivity index (χ2v) is 9.33. The summed E-state index contributed by atoms with van der Waals surface area (Å²) >= 11 is 0. The Morgan fingerprint density at radius 2 is 0.850 bits per heavy atom. The van der Waals surface area contributed by atoms with E-state index in [0.717, 1.165) is 23.3 Å². The van der Waals surface area contributed by atoms with E-state index in [0.29, 0.717) is 0 Å². The van der Waals surface area contributed by atoms with E-state index in [9.17, 15) is 40.2 Å². The molecule has 10 nitrogen and oxygen atoms in total. The number of carbonyl (C=O) groups excluding carboxylic acids is 2. The molecule has 2 atom stereocenters. The number of rotatable bonds is 2. The fourth-order valence-corrected chi connectivity index (χ4v) is 4.60. The van der Waals surface area contributed by atoms with Crippen molar-refractivity contribution in [1.29, 1.82) is 0 Å². The molecule has 2 unspecified atom stereocenters. The Labute approximate surface area is 227 Å². The fraction of sp³-hybridized carbons (Fsp3) is 0.133. The summed E-state index contributed by atoms with van der Waals surface area (Å²) < 4.78 is 11.3. The number of phenols is 6. The van der Waals surface area contributed by atoms with Gasteiger partial charge in [0.2, 0.25) is 0 Å². The molecule has 0 bridgehead atoms. The van der Waals surface area contributed by atoms with Crippen LogP contribution in [0.2, 0.25) is 0 Å². The van der Waals surface area contributed by atoms with Crippen molar-refractivity contribution in [1.82, 2.24) is 0 Å². The van der Waals surface area contributed by atoms with Gasteiger partial charge in [0.15, 0.2) is 11.6 Å². The van der Waals surface area contributed by atoms with Gasteiger partial charge in [0.25, 0.3) is 0 Å². The van der Waals surface area contributed by atoms with Gasteiger partial charge in [-0.1, -0.05) is 24.3 Å². The van der Waals surface area contributed by atoms with E-state index in [-0.39, 0.29) is 81.5 Å². The van der Waals surface area contributed by atoms with Gasteiger partial charge in [0, 0.05) is 24.3 Å². The van der Waals surface area contributed by atoms with Gasteiger partial charge < -0.3 is 40.1 Å². The topological polar surface area (TPSA) is 174 Å². The number of ketones is 2. The normalized spacial score (nSPS) is 17.4. The summed E-state index contributed by atoms with van der Waals surface area (Å²) in [6.45, 7) is 0. The number of hydrogen-bond acceptors (Lipinski definition) is 10. The summed E-state index contributed by atoms with van der Waals surface area (Å²) in [5.74, 6) is -0.806. The zero-order valence-corrected chi connectivity index (χ0v) is 20.8. The van der Waals surface area contributed by atoms with Crippen LogP contribution in [0.15, 0.2) is 72.8 Å².